The van der Waals surface area contributed by atoms with E-state index >= 15 is 0 Å². The number of nitrogens with one attached hydrogen (secondary N) is 1. The third kappa shape index (κ3) is 4.60. The third-order valence-electron chi connectivity index (χ3n) is 5.94. The van der Waals surface area contributed by atoms with Gasteiger partial charge in [0.1, 0.15) is 29.3 Å². The molecule has 0 unspecified atom stereocenters. The molecule has 10 nitrogen and oxygen atoms in total. The van der Waals surface area contributed by atoms with Gasteiger partial charge >= 0.3 is 6.09 Å². The van der Waals surface area contributed by atoms with Gasteiger partial charge in [0.25, 0.3) is 10.0 Å². The van der Waals surface area contributed by atoms with E-state index in [-0.39, 0.29) is 34.4 Å². The van der Waals surface area contributed by atoms with Crippen molar-refractivity contribution in [1.29, 1.82) is 0 Å². The van der Waals surface area contributed by atoms with Crippen molar-refractivity contribution >= 4 is 32.8 Å². The maximum Gasteiger partial charge on any atom is 0.408 e. The highest BCUT2D eigenvalue weighted by molar-refractivity contribution is 7.90. The van der Waals surface area contributed by atoms with Crippen LogP contribution in [0.2, 0.25) is 0 Å². The lowest BCUT2D eigenvalue weighted by Gasteiger charge is -2.21. The van der Waals surface area contributed by atoms with E-state index in [9.17, 15) is 18.0 Å². The van der Waals surface area contributed by atoms with Crippen LogP contribution < -0.4 is 10.1 Å². The number of benzene rings is 2. The van der Waals surface area contributed by atoms with E-state index in [1.807, 2.05) is 0 Å². The molecule has 1 amide bonds. The average Bonchev–Trinajstić information content (AvgIpc) is 3.45. The maximum absolute atomic E-state index is 13.9. The number of ketones is 1. The van der Waals surface area contributed by atoms with Crippen LogP contribution in [0.1, 0.15) is 49.8 Å². The summed E-state index contributed by atoms with van der Waals surface area (Å²) < 4.78 is 40.3. The summed E-state index contributed by atoms with van der Waals surface area (Å²) in [7, 11) is -4.06. The van der Waals surface area contributed by atoms with E-state index in [2.05, 4.69) is 15.3 Å². The number of amides is 1. The number of hydrogen-bond donors (Lipinski definition) is 1. The molecule has 5 rings (SSSR count). The monoisotopic (exact) mass is 534 g/mol. The van der Waals surface area contributed by atoms with E-state index in [4.69, 9.17) is 9.47 Å². The molecule has 0 radical (unpaired) electrons. The molecule has 1 N–H and O–H groups in total. The molecule has 196 valence electrons. The molecule has 2 aromatic heterocycles. The standard InChI is InChI=1S/C27H26N4O6S/c1-16(32)20-13-29-21(14-28-20)24-12-19-23(31(24)38(34,35)17-8-6-5-7-9-17)11-10-18-22(15-36-25(18)19)30-26(33)37-27(2,3)4/h5-14,22H,15H2,1-4H3,(H,30,33)/t22-/m1/s1. The number of rotatable bonds is 5. The molecule has 4 aromatic rings. The van der Waals surface area contributed by atoms with Crippen molar-refractivity contribution in [3.63, 3.8) is 0 Å². The van der Waals surface area contributed by atoms with Crippen LogP contribution in [0.5, 0.6) is 5.75 Å². The van der Waals surface area contributed by atoms with Gasteiger partial charge in [0, 0.05) is 17.9 Å². The van der Waals surface area contributed by atoms with Crippen molar-refractivity contribution in [2.75, 3.05) is 6.61 Å². The number of alkyl carbamates (subject to hydrolysis) is 1. The molecule has 1 atom stereocenters. The van der Waals surface area contributed by atoms with Crippen molar-refractivity contribution in [3.05, 3.63) is 72.2 Å². The zero-order valence-corrected chi connectivity index (χ0v) is 22.1. The summed E-state index contributed by atoms with van der Waals surface area (Å²) in [4.78, 5) is 32.7. The summed E-state index contributed by atoms with van der Waals surface area (Å²) in [5.41, 5.74) is 1.10. The van der Waals surface area contributed by atoms with Gasteiger partial charge in [-0.3, -0.25) is 9.78 Å². The smallest absolute Gasteiger partial charge is 0.408 e. The highest BCUT2D eigenvalue weighted by Crippen LogP contribution is 2.42. The largest absolute Gasteiger partial charge is 0.490 e. The predicted octanol–water partition coefficient (Wildman–Crippen LogP) is 4.50. The summed E-state index contributed by atoms with van der Waals surface area (Å²) in [5.74, 6) is 0.205. The quantitative estimate of drug-likeness (QED) is 0.371. The number of fused-ring (bicyclic) bond motifs is 3. The van der Waals surface area contributed by atoms with Crippen molar-refractivity contribution in [1.82, 2.24) is 19.3 Å². The number of aromatic nitrogens is 3. The number of carbonyl (C=O) groups is 2. The van der Waals surface area contributed by atoms with Crippen LogP contribution in [0.4, 0.5) is 4.79 Å². The maximum atomic E-state index is 13.9. The van der Waals surface area contributed by atoms with E-state index in [1.54, 1.807) is 57.2 Å². The number of nitrogens with zero attached hydrogens (tertiary/aromatic N) is 3. The van der Waals surface area contributed by atoms with E-state index < -0.39 is 27.8 Å². The van der Waals surface area contributed by atoms with Crippen molar-refractivity contribution in [2.45, 2.75) is 44.2 Å². The highest BCUT2D eigenvalue weighted by atomic mass is 32.2. The molecule has 0 spiro atoms. The summed E-state index contributed by atoms with van der Waals surface area (Å²) in [6, 6.07) is 12.7. The fraction of sp³-hybridized carbons (Fsp3) is 0.259. The SMILES string of the molecule is CC(=O)c1cnc(-c2cc3c4c(ccc3n2S(=O)(=O)c2ccccc2)[C@H](NC(=O)OC(C)(C)C)CO4)cn1. The topological polar surface area (TPSA) is 129 Å². The Morgan fingerprint density at radius 2 is 1.82 bits per heavy atom. The molecule has 0 saturated heterocycles. The minimum absolute atomic E-state index is 0.0953. The minimum atomic E-state index is -4.06. The number of hydrogen-bond acceptors (Lipinski definition) is 8. The van der Waals surface area contributed by atoms with Gasteiger partial charge in [-0.25, -0.2) is 22.2 Å². The van der Waals surface area contributed by atoms with Crippen LogP contribution >= 0.6 is 0 Å². The van der Waals surface area contributed by atoms with Gasteiger partial charge in [-0.15, -0.1) is 0 Å². The van der Waals surface area contributed by atoms with Crippen LogP contribution in [-0.4, -0.2) is 46.4 Å². The first-order valence-electron chi connectivity index (χ1n) is 11.9. The highest BCUT2D eigenvalue weighted by Gasteiger charge is 2.32. The van der Waals surface area contributed by atoms with Gasteiger partial charge in [-0.2, -0.15) is 0 Å². The number of ether oxygens (including phenoxy) is 2. The Morgan fingerprint density at radius 3 is 2.45 bits per heavy atom. The fourth-order valence-corrected chi connectivity index (χ4v) is 5.82. The van der Waals surface area contributed by atoms with Gasteiger partial charge in [0.15, 0.2) is 5.78 Å². The van der Waals surface area contributed by atoms with Crippen LogP contribution in [0.15, 0.2) is 65.8 Å². The van der Waals surface area contributed by atoms with Crippen LogP contribution in [0, 0.1) is 0 Å². The lowest BCUT2D eigenvalue weighted by Crippen LogP contribution is -2.35. The second-order valence-electron chi connectivity index (χ2n) is 9.88. The Bertz CT molecular complexity index is 1660. The molecule has 0 fully saturated rings. The lowest BCUT2D eigenvalue weighted by atomic mass is 10.1. The van der Waals surface area contributed by atoms with E-state index in [0.29, 0.717) is 22.2 Å². The Balaban J connectivity index is 1.66. The molecule has 2 aromatic carbocycles. The van der Waals surface area contributed by atoms with E-state index in [1.165, 1.54) is 35.4 Å². The summed E-state index contributed by atoms with van der Waals surface area (Å²) in [6.07, 6.45) is 2.11. The van der Waals surface area contributed by atoms with E-state index in [0.717, 1.165) is 0 Å². The Hall–Kier alpha value is -4.25. The molecule has 0 bridgehead atoms. The summed E-state index contributed by atoms with van der Waals surface area (Å²) in [5, 5.41) is 3.35. The van der Waals surface area contributed by atoms with Crippen LogP contribution in [-0.2, 0) is 14.8 Å². The fourth-order valence-electron chi connectivity index (χ4n) is 4.29. The average molecular weight is 535 g/mol. The normalized spacial score (nSPS) is 15.1. The summed E-state index contributed by atoms with van der Waals surface area (Å²) >= 11 is 0. The zero-order valence-electron chi connectivity index (χ0n) is 21.3. The van der Waals surface area contributed by atoms with Gasteiger partial charge in [-0.05, 0) is 45.0 Å². The van der Waals surface area contributed by atoms with Gasteiger partial charge < -0.3 is 14.8 Å². The van der Waals surface area contributed by atoms with Crippen LogP contribution in [0.3, 0.4) is 0 Å². The molecule has 11 heteroatoms. The molecule has 38 heavy (non-hydrogen) atoms. The predicted molar refractivity (Wildman–Crippen MR) is 140 cm³/mol. The molecule has 0 saturated carbocycles. The molecular formula is C27H26N4O6S. The second kappa shape index (κ2) is 9.25. The van der Waals surface area contributed by atoms with Crippen molar-refractivity contribution in [2.24, 2.45) is 0 Å². The third-order valence-corrected chi connectivity index (χ3v) is 7.68. The van der Waals surface area contributed by atoms with Crippen LogP contribution in [0.25, 0.3) is 22.3 Å². The minimum Gasteiger partial charge on any atom is -0.490 e. The first-order chi connectivity index (χ1) is 18.0. The first-order valence-corrected chi connectivity index (χ1v) is 13.3. The van der Waals surface area contributed by atoms with Crippen molar-refractivity contribution in [3.8, 4) is 17.1 Å². The molecular weight excluding hydrogens is 508 g/mol. The van der Waals surface area contributed by atoms with Gasteiger partial charge in [0.05, 0.1) is 34.5 Å². The Labute approximate surface area is 219 Å². The Morgan fingerprint density at radius 1 is 1.08 bits per heavy atom. The molecule has 0 aliphatic carbocycles. The first kappa shape index (κ1) is 25.4. The zero-order chi connectivity index (χ0) is 27.2. The number of carbonyl (C=O) groups excluding carboxylic acids is 2. The van der Waals surface area contributed by atoms with Gasteiger partial charge in [-0.1, -0.05) is 24.3 Å². The molecule has 3 heterocycles. The number of Topliss-reactive ketones (excluding diaryl/α,β-unsaturated/α-hetero) is 1. The van der Waals surface area contributed by atoms with Gasteiger partial charge in [0.2, 0.25) is 0 Å². The molecule has 1 aliphatic heterocycles. The van der Waals surface area contributed by atoms with Crippen molar-refractivity contribution < 1.29 is 27.5 Å². The summed E-state index contributed by atoms with van der Waals surface area (Å²) in [6.45, 7) is 6.87. The second-order valence-corrected chi connectivity index (χ2v) is 11.7. The molecule has 1 aliphatic rings. The Kier molecular flexibility index (Phi) is 6.18. The lowest BCUT2D eigenvalue weighted by molar-refractivity contribution is 0.0496.